The van der Waals surface area contributed by atoms with Crippen LogP contribution in [-0.4, -0.2) is 32.1 Å². The lowest BCUT2D eigenvalue weighted by Crippen LogP contribution is -2.38. The molecule has 0 spiro atoms. The maximum atomic E-state index is 11.5. The highest BCUT2D eigenvalue weighted by Crippen LogP contribution is 2.26. The average molecular weight is 286 g/mol. The summed E-state index contributed by atoms with van der Waals surface area (Å²) in [5, 5.41) is 7.95. The largest absolute Gasteiger partial charge is 0.495 e. The fraction of sp³-hybridized carbons (Fsp3) is 0.333. The van der Waals surface area contributed by atoms with Gasteiger partial charge in [0.2, 0.25) is 5.91 Å². The molecule has 3 amide bonds. The summed E-state index contributed by atoms with van der Waals surface area (Å²) >= 11 is 5.92. The maximum absolute atomic E-state index is 11.5. The van der Waals surface area contributed by atoms with E-state index in [-0.39, 0.29) is 12.5 Å². The molecule has 0 heterocycles. The van der Waals surface area contributed by atoms with Gasteiger partial charge in [-0.25, -0.2) is 4.79 Å². The van der Waals surface area contributed by atoms with E-state index in [2.05, 4.69) is 16.0 Å². The molecule has 1 aromatic carbocycles. The third kappa shape index (κ3) is 5.05. The van der Waals surface area contributed by atoms with Gasteiger partial charge in [0.15, 0.2) is 0 Å². The summed E-state index contributed by atoms with van der Waals surface area (Å²) in [6.45, 7) is 2.25. The Morgan fingerprint density at radius 3 is 2.63 bits per heavy atom. The molecule has 104 valence electrons. The topological polar surface area (TPSA) is 79.5 Å². The molecule has 0 atom stereocenters. The Hall–Kier alpha value is -1.95. The number of carbonyl (C=O) groups excluding carboxylic acids is 2. The van der Waals surface area contributed by atoms with Crippen molar-refractivity contribution in [3.63, 3.8) is 0 Å². The quantitative estimate of drug-likeness (QED) is 0.769. The van der Waals surface area contributed by atoms with E-state index in [1.165, 1.54) is 7.11 Å². The zero-order valence-electron chi connectivity index (χ0n) is 10.7. The molecule has 0 aliphatic rings. The van der Waals surface area contributed by atoms with E-state index >= 15 is 0 Å². The van der Waals surface area contributed by atoms with Crippen molar-refractivity contribution in [1.82, 2.24) is 10.6 Å². The second kappa shape index (κ2) is 7.48. The molecule has 1 rings (SSSR count). The molecule has 0 unspecified atom stereocenters. The Bertz CT molecular complexity index is 466. The second-order valence-corrected chi connectivity index (χ2v) is 4.02. The van der Waals surface area contributed by atoms with Crippen LogP contribution in [0.3, 0.4) is 0 Å². The lowest BCUT2D eigenvalue weighted by Gasteiger charge is -2.09. The highest BCUT2D eigenvalue weighted by atomic mass is 35.5. The average Bonchev–Trinajstić information content (AvgIpc) is 2.37. The van der Waals surface area contributed by atoms with E-state index in [4.69, 9.17) is 16.3 Å². The van der Waals surface area contributed by atoms with Crippen LogP contribution < -0.4 is 20.7 Å². The van der Waals surface area contributed by atoms with Crippen LogP contribution in [0.5, 0.6) is 5.75 Å². The first-order valence-electron chi connectivity index (χ1n) is 5.72. The van der Waals surface area contributed by atoms with Crippen molar-refractivity contribution in [2.45, 2.75) is 6.92 Å². The van der Waals surface area contributed by atoms with E-state index < -0.39 is 6.03 Å². The summed E-state index contributed by atoms with van der Waals surface area (Å²) in [6.07, 6.45) is 0. The zero-order valence-corrected chi connectivity index (χ0v) is 11.5. The van der Waals surface area contributed by atoms with Crippen LogP contribution in [0, 0.1) is 0 Å². The number of anilines is 1. The minimum absolute atomic E-state index is 0.0798. The SMILES string of the molecule is CCNC(=O)CNC(=O)Nc1ccc(OC)c(Cl)c1. The molecule has 0 saturated heterocycles. The van der Waals surface area contributed by atoms with Crippen LogP contribution in [0.2, 0.25) is 5.02 Å². The van der Waals surface area contributed by atoms with E-state index in [0.29, 0.717) is 23.0 Å². The number of hydrogen-bond donors (Lipinski definition) is 3. The van der Waals surface area contributed by atoms with Crippen LogP contribution in [-0.2, 0) is 4.79 Å². The molecule has 7 heteroatoms. The van der Waals surface area contributed by atoms with E-state index in [9.17, 15) is 9.59 Å². The Balaban J connectivity index is 2.48. The fourth-order valence-electron chi connectivity index (χ4n) is 1.34. The first kappa shape index (κ1) is 15.1. The number of halogens is 1. The minimum atomic E-state index is -0.479. The van der Waals surface area contributed by atoms with Crippen LogP contribution in [0.1, 0.15) is 6.92 Å². The standard InChI is InChI=1S/C12H16ClN3O3/c1-3-14-11(17)7-15-12(18)16-8-4-5-10(19-2)9(13)6-8/h4-6H,3,7H2,1-2H3,(H,14,17)(H2,15,16,18). The zero-order chi connectivity index (χ0) is 14.3. The van der Waals surface area contributed by atoms with Gasteiger partial charge in [0, 0.05) is 12.2 Å². The number of carbonyl (C=O) groups is 2. The normalized spacial score (nSPS) is 9.63. The first-order chi connectivity index (χ1) is 9.06. The van der Waals surface area contributed by atoms with Gasteiger partial charge in [0.25, 0.3) is 0 Å². The summed E-state index contributed by atoms with van der Waals surface area (Å²) < 4.78 is 5.00. The summed E-state index contributed by atoms with van der Waals surface area (Å²) in [7, 11) is 1.51. The van der Waals surface area contributed by atoms with Gasteiger partial charge in [0.05, 0.1) is 18.7 Å². The molecule has 0 saturated carbocycles. The van der Waals surface area contributed by atoms with Gasteiger partial charge in [-0.2, -0.15) is 0 Å². The predicted molar refractivity (Wildman–Crippen MR) is 73.7 cm³/mol. The molecule has 0 aliphatic carbocycles. The summed E-state index contributed by atoms with van der Waals surface area (Å²) in [5.41, 5.74) is 0.513. The third-order valence-electron chi connectivity index (χ3n) is 2.19. The lowest BCUT2D eigenvalue weighted by atomic mass is 10.3. The van der Waals surface area contributed by atoms with Crippen LogP contribution in [0.25, 0.3) is 0 Å². The Labute approximate surface area is 116 Å². The van der Waals surface area contributed by atoms with E-state index in [1.807, 2.05) is 0 Å². The number of benzene rings is 1. The fourth-order valence-corrected chi connectivity index (χ4v) is 1.60. The van der Waals surface area contributed by atoms with Crippen molar-refractivity contribution < 1.29 is 14.3 Å². The highest BCUT2D eigenvalue weighted by Gasteiger charge is 2.06. The molecule has 19 heavy (non-hydrogen) atoms. The first-order valence-corrected chi connectivity index (χ1v) is 6.09. The number of nitrogens with one attached hydrogen (secondary N) is 3. The molecular formula is C12H16ClN3O3. The van der Waals surface area contributed by atoms with Crippen molar-refractivity contribution in [3.8, 4) is 5.75 Å². The van der Waals surface area contributed by atoms with Crippen LogP contribution >= 0.6 is 11.6 Å². The van der Waals surface area contributed by atoms with Gasteiger partial charge in [-0.15, -0.1) is 0 Å². The number of urea groups is 1. The van der Waals surface area contributed by atoms with Crippen molar-refractivity contribution in [2.24, 2.45) is 0 Å². The van der Waals surface area contributed by atoms with Gasteiger partial charge in [-0.05, 0) is 25.1 Å². The van der Waals surface area contributed by atoms with Gasteiger partial charge in [0.1, 0.15) is 5.75 Å². The number of hydrogen-bond acceptors (Lipinski definition) is 3. The summed E-state index contributed by atoms with van der Waals surface area (Å²) in [6, 6.07) is 4.37. The van der Waals surface area contributed by atoms with Crippen LogP contribution in [0.4, 0.5) is 10.5 Å². The number of amides is 3. The molecule has 0 fully saturated rings. The molecule has 3 N–H and O–H groups in total. The van der Waals surface area contributed by atoms with Gasteiger partial charge in [-0.1, -0.05) is 11.6 Å². The van der Waals surface area contributed by atoms with E-state index in [1.54, 1.807) is 25.1 Å². The summed E-state index contributed by atoms with van der Waals surface area (Å²) in [5.74, 6) is 0.278. The number of ether oxygens (including phenoxy) is 1. The maximum Gasteiger partial charge on any atom is 0.319 e. The minimum Gasteiger partial charge on any atom is -0.495 e. The van der Waals surface area contributed by atoms with Gasteiger partial charge < -0.3 is 20.7 Å². The number of methoxy groups -OCH3 is 1. The highest BCUT2D eigenvalue weighted by molar-refractivity contribution is 6.32. The molecular weight excluding hydrogens is 270 g/mol. The number of likely N-dealkylation sites (N-methyl/N-ethyl adjacent to an activating group) is 1. The predicted octanol–water partition coefficient (Wildman–Crippen LogP) is 1.61. The van der Waals surface area contributed by atoms with E-state index in [0.717, 1.165) is 0 Å². The Morgan fingerprint density at radius 1 is 1.32 bits per heavy atom. The third-order valence-corrected chi connectivity index (χ3v) is 2.49. The second-order valence-electron chi connectivity index (χ2n) is 3.61. The molecule has 6 nitrogen and oxygen atoms in total. The lowest BCUT2D eigenvalue weighted by molar-refractivity contribution is -0.119. The van der Waals surface area contributed by atoms with Gasteiger partial charge in [-0.3, -0.25) is 4.79 Å². The summed E-state index contributed by atoms with van der Waals surface area (Å²) in [4.78, 5) is 22.7. The van der Waals surface area contributed by atoms with Crippen molar-refractivity contribution in [1.29, 1.82) is 0 Å². The monoisotopic (exact) mass is 285 g/mol. The number of rotatable bonds is 5. The molecule has 0 radical (unpaired) electrons. The van der Waals surface area contributed by atoms with Crippen LogP contribution in [0.15, 0.2) is 18.2 Å². The van der Waals surface area contributed by atoms with Gasteiger partial charge >= 0.3 is 6.03 Å². The molecule has 0 bridgehead atoms. The molecule has 0 aliphatic heterocycles. The van der Waals surface area contributed by atoms with Crippen molar-refractivity contribution in [3.05, 3.63) is 23.2 Å². The Kier molecular flexibility index (Phi) is 5.95. The molecule has 0 aromatic heterocycles. The smallest absolute Gasteiger partial charge is 0.319 e. The van der Waals surface area contributed by atoms with Crippen molar-refractivity contribution in [2.75, 3.05) is 25.5 Å². The Morgan fingerprint density at radius 2 is 2.05 bits per heavy atom. The van der Waals surface area contributed by atoms with Crippen molar-refractivity contribution >= 4 is 29.2 Å². The molecule has 1 aromatic rings.